The van der Waals surface area contributed by atoms with Crippen molar-refractivity contribution >= 4 is 50.7 Å². The van der Waals surface area contributed by atoms with Gasteiger partial charge in [-0.3, -0.25) is 10.1 Å². The van der Waals surface area contributed by atoms with E-state index in [1.165, 1.54) is 4.88 Å². The second-order valence-corrected chi connectivity index (χ2v) is 6.75. The number of anilines is 1. The number of carbonyl (C=O) groups excluding carboxylic acids is 1. The monoisotopic (exact) mass is 387 g/mol. The maximum absolute atomic E-state index is 12.2. The van der Waals surface area contributed by atoms with Gasteiger partial charge in [0.15, 0.2) is 5.13 Å². The lowest BCUT2D eigenvalue weighted by molar-refractivity contribution is 0.102. The molecule has 0 aliphatic carbocycles. The van der Waals surface area contributed by atoms with E-state index in [0.717, 1.165) is 29.7 Å². The Morgan fingerprint density at radius 2 is 2.19 bits per heavy atom. The van der Waals surface area contributed by atoms with Crippen LogP contribution >= 0.6 is 39.7 Å². The number of rotatable bonds is 2. The number of aromatic nitrogens is 1. The van der Waals surface area contributed by atoms with Gasteiger partial charge in [-0.25, -0.2) is 4.98 Å². The molecule has 0 atom stereocenters. The van der Waals surface area contributed by atoms with Crippen molar-refractivity contribution in [1.82, 2.24) is 9.88 Å². The summed E-state index contributed by atoms with van der Waals surface area (Å²) in [7, 11) is 2.10. The molecular formula is C14H15BrClN3OS. The third-order valence-corrected chi connectivity index (χ3v) is 4.95. The summed E-state index contributed by atoms with van der Waals surface area (Å²) in [6, 6.07) is 7.39. The topological polar surface area (TPSA) is 45.2 Å². The fraction of sp³-hybridized carbons (Fsp3) is 0.286. The fourth-order valence-electron chi connectivity index (χ4n) is 2.19. The molecule has 112 valence electrons. The largest absolute Gasteiger partial charge is 0.301 e. The highest BCUT2D eigenvalue weighted by molar-refractivity contribution is 9.10. The summed E-state index contributed by atoms with van der Waals surface area (Å²) in [5.41, 5.74) is 1.74. The Morgan fingerprint density at radius 1 is 1.43 bits per heavy atom. The first-order valence-corrected chi connectivity index (χ1v) is 7.97. The Hall–Kier alpha value is -0.950. The van der Waals surface area contributed by atoms with E-state index in [4.69, 9.17) is 0 Å². The molecule has 1 N–H and O–H groups in total. The maximum Gasteiger partial charge on any atom is 0.258 e. The van der Waals surface area contributed by atoms with Crippen LogP contribution in [0.2, 0.25) is 0 Å². The SMILES string of the molecule is CN1CCc2nc(NC(=O)c3ccccc3Br)sc2C1.Cl. The summed E-state index contributed by atoms with van der Waals surface area (Å²) in [6.07, 6.45) is 0.952. The summed E-state index contributed by atoms with van der Waals surface area (Å²) in [4.78, 5) is 20.3. The van der Waals surface area contributed by atoms with Crippen LogP contribution in [0.3, 0.4) is 0 Å². The van der Waals surface area contributed by atoms with Crippen molar-refractivity contribution in [1.29, 1.82) is 0 Å². The quantitative estimate of drug-likeness (QED) is 0.855. The van der Waals surface area contributed by atoms with Gasteiger partial charge in [-0.2, -0.15) is 0 Å². The minimum absolute atomic E-state index is 0. The van der Waals surface area contributed by atoms with Gasteiger partial charge in [0.2, 0.25) is 0 Å². The average molecular weight is 389 g/mol. The van der Waals surface area contributed by atoms with Crippen molar-refractivity contribution in [3.63, 3.8) is 0 Å². The second-order valence-electron chi connectivity index (χ2n) is 4.81. The summed E-state index contributed by atoms with van der Waals surface area (Å²) in [5.74, 6) is -0.128. The lowest BCUT2D eigenvalue weighted by Crippen LogP contribution is -2.25. The molecule has 0 saturated heterocycles. The Labute approximate surface area is 142 Å². The Morgan fingerprint density at radius 3 is 2.95 bits per heavy atom. The fourth-order valence-corrected chi connectivity index (χ4v) is 3.73. The summed E-state index contributed by atoms with van der Waals surface area (Å²) in [5, 5.41) is 3.58. The van der Waals surface area contributed by atoms with Crippen LogP contribution < -0.4 is 5.32 Å². The van der Waals surface area contributed by atoms with Crippen molar-refractivity contribution in [2.75, 3.05) is 18.9 Å². The number of fused-ring (bicyclic) bond motifs is 1. The number of hydrogen-bond donors (Lipinski definition) is 1. The molecule has 1 amide bonds. The lowest BCUT2D eigenvalue weighted by Gasteiger charge is -2.20. The molecule has 1 aromatic carbocycles. The smallest absolute Gasteiger partial charge is 0.258 e. The standard InChI is InChI=1S/C14H14BrN3OS.ClH/c1-18-7-6-11-12(8-18)20-14(16-11)17-13(19)9-4-2-3-5-10(9)15;/h2-5H,6-8H2,1H3,(H,16,17,19);1H. The van der Waals surface area contributed by atoms with Gasteiger partial charge < -0.3 is 4.90 Å². The van der Waals surface area contributed by atoms with E-state index in [0.29, 0.717) is 10.7 Å². The van der Waals surface area contributed by atoms with Crippen LogP contribution in [0, 0.1) is 0 Å². The molecule has 2 aromatic rings. The van der Waals surface area contributed by atoms with Gasteiger partial charge in [0, 0.05) is 28.9 Å². The molecule has 0 fully saturated rings. The van der Waals surface area contributed by atoms with Crippen LogP contribution in [-0.4, -0.2) is 29.4 Å². The molecule has 2 heterocycles. The molecule has 0 saturated carbocycles. The van der Waals surface area contributed by atoms with Crippen LogP contribution in [0.25, 0.3) is 0 Å². The first-order valence-electron chi connectivity index (χ1n) is 6.36. The van der Waals surface area contributed by atoms with E-state index >= 15 is 0 Å². The Kier molecular flexibility index (Phi) is 5.37. The van der Waals surface area contributed by atoms with Gasteiger partial charge in [-0.1, -0.05) is 12.1 Å². The molecule has 7 heteroatoms. The molecule has 21 heavy (non-hydrogen) atoms. The molecule has 4 nitrogen and oxygen atoms in total. The zero-order valence-electron chi connectivity index (χ0n) is 11.4. The van der Waals surface area contributed by atoms with Crippen LogP contribution in [0.5, 0.6) is 0 Å². The number of amides is 1. The number of likely N-dealkylation sites (N-methyl/N-ethyl adjacent to an activating group) is 1. The number of hydrogen-bond acceptors (Lipinski definition) is 4. The molecule has 1 aliphatic rings. The van der Waals surface area contributed by atoms with E-state index in [2.05, 4.69) is 38.2 Å². The first kappa shape index (κ1) is 16.4. The highest BCUT2D eigenvalue weighted by atomic mass is 79.9. The van der Waals surface area contributed by atoms with E-state index in [-0.39, 0.29) is 18.3 Å². The number of benzene rings is 1. The van der Waals surface area contributed by atoms with Crippen molar-refractivity contribution in [3.05, 3.63) is 44.9 Å². The molecule has 1 aliphatic heterocycles. The van der Waals surface area contributed by atoms with Gasteiger partial charge in [0.1, 0.15) is 0 Å². The van der Waals surface area contributed by atoms with E-state index in [9.17, 15) is 4.79 Å². The van der Waals surface area contributed by atoms with Crippen molar-refractivity contribution in [3.8, 4) is 0 Å². The van der Waals surface area contributed by atoms with Crippen molar-refractivity contribution in [2.24, 2.45) is 0 Å². The van der Waals surface area contributed by atoms with Crippen LogP contribution in [0.1, 0.15) is 20.9 Å². The summed E-state index contributed by atoms with van der Waals surface area (Å²) < 4.78 is 0.790. The number of nitrogens with zero attached hydrogens (tertiary/aromatic N) is 2. The van der Waals surface area contributed by atoms with E-state index in [1.807, 2.05) is 18.2 Å². The van der Waals surface area contributed by atoms with Gasteiger partial charge in [-0.05, 0) is 35.1 Å². The first-order chi connectivity index (χ1) is 9.63. The molecule has 3 rings (SSSR count). The number of carbonyl (C=O) groups is 1. The highest BCUT2D eigenvalue weighted by Crippen LogP contribution is 2.28. The van der Waals surface area contributed by atoms with Crippen molar-refractivity contribution < 1.29 is 4.79 Å². The third kappa shape index (κ3) is 3.63. The van der Waals surface area contributed by atoms with Crippen molar-refractivity contribution in [2.45, 2.75) is 13.0 Å². The van der Waals surface area contributed by atoms with Gasteiger partial charge in [0.05, 0.1) is 11.3 Å². The Bertz CT molecular complexity index is 661. The minimum atomic E-state index is -0.128. The number of nitrogens with one attached hydrogen (secondary N) is 1. The minimum Gasteiger partial charge on any atom is -0.301 e. The van der Waals surface area contributed by atoms with Crippen LogP contribution in [0.4, 0.5) is 5.13 Å². The Balaban J connectivity index is 0.00000161. The van der Waals surface area contributed by atoms with Crippen LogP contribution in [0.15, 0.2) is 28.7 Å². The third-order valence-electron chi connectivity index (χ3n) is 3.26. The molecule has 0 radical (unpaired) electrons. The van der Waals surface area contributed by atoms with Gasteiger partial charge in [-0.15, -0.1) is 23.7 Å². The molecular weight excluding hydrogens is 374 g/mol. The lowest BCUT2D eigenvalue weighted by atomic mass is 10.2. The highest BCUT2D eigenvalue weighted by Gasteiger charge is 2.19. The molecule has 0 unspecified atom stereocenters. The normalized spacial score (nSPS) is 14.2. The molecule has 1 aromatic heterocycles. The van der Waals surface area contributed by atoms with Gasteiger partial charge >= 0.3 is 0 Å². The maximum atomic E-state index is 12.2. The van der Waals surface area contributed by atoms with E-state index < -0.39 is 0 Å². The molecule has 0 spiro atoms. The van der Waals surface area contributed by atoms with Crippen LogP contribution in [-0.2, 0) is 13.0 Å². The predicted octanol–water partition coefficient (Wildman–Crippen LogP) is 3.57. The predicted molar refractivity (Wildman–Crippen MR) is 91.5 cm³/mol. The number of halogens is 2. The summed E-state index contributed by atoms with van der Waals surface area (Å²) in [6.45, 7) is 1.94. The zero-order valence-corrected chi connectivity index (χ0v) is 14.6. The van der Waals surface area contributed by atoms with E-state index in [1.54, 1.807) is 17.4 Å². The zero-order chi connectivity index (χ0) is 14.1. The number of thiazole rings is 1. The molecule has 0 bridgehead atoms. The second kappa shape index (κ2) is 6.87. The van der Waals surface area contributed by atoms with Gasteiger partial charge in [0.25, 0.3) is 5.91 Å². The summed E-state index contributed by atoms with van der Waals surface area (Å²) >= 11 is 4.96. The average Bonchev–Trinajstić information content (AvgIpc) is 2.80.